The summed E-state index contributed by atoms with van der Waals surface area (Å²) in [6.45, 7) is -0.370. The van der Waals surface area contributed by atoms with E-state index in [2.05, 4.69) is 9.97 Å². The lowest BCUT2D eigenvalue weighted by Crippen LogP contribution is -2.11. The number of H-pyrrole nitrogens is 1. The molecule has 138 valence electrons. The number of thiophene rings is 1. The summed E-state index contributed by atoms with van der Waals surface area (Å²) in [6, 6.07) is 7.03. The maximum absolute atomic E-state index is 12.5. The average molecular weight is 382 g/mol. The van der Waals surface area contributed by atoms with E-state index in [1.807, 2.05) is 18.2 Å². The fourth-order valence-electron chi connectivity index (χ4n) is 3.25. The number of nitrogens with one attached hydrogen (secondary N) is 1. The summed E-state index contributed by atoms with van der Waals surface area (Å²) in [6.07, 6.45) is 7.93. The molecular weight excluding hydrogens is 364 g/mol. The summed E-state index contributed by atoms with van der Waals surface area (Å²) in [5.74, 6) is 0.00335. The highest BCUT2D eigenvalue weighted by molar-refractivity contribution is 7.18. The van der Waals surface area contributed by atoms with E-state index in [0.29, 0.717) is 11.6 Å². The van der Waals surface area contributed by atoms with Crippen molar-refractivity contribution in [3.05, 3.63) is 56.4 Å². The van der Waals surface area contributed by atoms with Crippen LogP contribution in [-0.4, -0.2) is 27.7 Å². The minimum atomic E-state index is -1.01. The van der Waals surface area contributed by atoms with Gasteiger partial charge in [0, 0.05) is 4.88 Å². The number of aryl methyl sites for hydroxylation is 2. The zero-order valence-electron chi connectivity index (χ0n) is 14.5. The fourth-order valence-corrected chi connectivity index (χ4v) is 4.52. The third kappa shape index (κ3) is 3.78. The molecule has 1 aliphatic rings. The van der Waals surface area contributed by atoms with Crippen LogP contribution in [0.5, 0.6) is 5.75 Å². The van der Waals surface area contributed by atoms with Crippen LogP contribution in [0.1, 0.15) is 34.7 Å². The van der Waals surface area contributed by atoms with E-state index in [0.717, 1.165) is 35.0 Å². The zero-order valence-corrected chi connectivity index (χ0v) is 15.3. The van der Waals surface area contributed by atoms with E-state index in [1.54, 1.807) is 29.5 Å². The van der Waals surface area contributed by atoms with Crippen LogP contribution in [0.3, 0.4) is 0 Å². The molecule has 27 heavy (non-hydrogen) atoms. The maximum Gasteiger partial charge on any atom is 0.341 e. The molecule has 0 unspecified atom stereocenters. The van der Waals surface area contributed by atoms with Crippen LogP contribution in [0.15, 0.2) is 29.1 Å². The molecule has 0 saturated heterocycles. The van der Waals surface area contributed by atoms with Gasteiger partial charge in [0.1, 0.15) is 16.4 Å². The van der Waals surface area contributed by atoms with Crippen molar-refractivity contribution in [2.45, 2.75) is 25.7 Å². The Bertz CT molecular complexity index is 1080. The van der Waals surface area contributed by atoms with E-state index in [1.165, 1.54) is 16.9 Å². The lowest BCUT2D eigenvalue weighted by atomic mass is 9.97. The van der Waals surface area contributed by atoms with E-state index in [9.17, 15) is 9.59 Å². The normalized spacial score (nSPS) is 13.8. The van der Waals surface area contributed by atoms with Crippen molar-refractivity contribution < 1.29 is 14.6 Å². The van der Waals surface area contributed by atoms with Gasteiger partial charge in [-0.3, -0.25) is 4.79 Å². The van der Waals surface area contributed by atoms with E-state index < -0.39 is 5.97 Å². The smallest absolute Gasteiger partial charge is 0.341 e. The fraction of sp³-hybridized carbons (Fsp3) is 0.250. The Kier molecular flexibility index (Phi) is 4.77. The summed E-state index contributed by atoms with van der Waals surface area (Å²) >= 11 is 1.63. The predicted octanol–water partition coefficient (Wildman–Crippen LogP) is 3.50. The molecule has 0 bridgehead atoms. The second-order valence-corrected chi connectivity index (χ2v) is 7.51. The number of carboxylic acid groups (broad SMARTS) is 1. The summed E-state index contributed by atoms with van der Waals surface area (Å²) in [5.41, 5.74) is 2.00. The Morgan fingerprint density at radius 1 is 1.22 bits per heavy atom. The Hall–Kier alpha value is -2.93. The molecular formula is C20H18N2O4S. The first-order valence-corrected chi connectivity index (χ1v) is 9.59. The summed E-state index contributed by atoms with van der Waals surface area (Å²) < 4.78 is 5.11. The first-order chi connectivity index (χ1) is 13.1. The first-order valence-electron chi connectivity index (χ1n) is 8.77. The predicted molar refractivity (Wildman–Crippen MR) is 105 cm³/mol. The lowest BCUT2D eigenvalue weighted by Gasteiger charge is -2.09. The van der Waals surface area contributed by atoms with Gasteiger partial charge in [0.25, 0.3) is 5.56 Å². The van der Waals surface area contributed by atoms with E-state index >= 15 is 0 Å². The summed E-state index contributed by atoms with van der Waals surface area (Å²) in [4.78, 5) is 32.6. The molecule has 4 rings (SSSR count). The van der Waals surface area contributed by atoms with Gasteiger partial charge in [-0.2, -0.15) is 0 Å². The molecule has 1 aliphatic carbocycles. The molecule has 0 saturated carbocycles. The van der Waals surface area contributed by atoms with Crippen molar-refractivity contribution in [1.82, 2.24) is 9.97 Å². The number of nitrogens with zero attached hydrogens (tertiary/aromatic N) is 1. The zero-order chi connectivity index (χ0) is 18.8. The topological polar surface area (TPSA) is 92.3 Å². The Balaban J connectivity index is 1.56. The quantitative estimate of drug-likeness (QED) is 0.705. The van der Waals surface area contributed by atoms with E-state index in [-0.39, 0.29) is 12.2 Å². The van der Waals surface area contributed by atoms with Gasteiger partial charge in [-0.1, -0.05) is 18.2 Å². The highest BCUT2D eigenvalue weighted by atomic mass is 32.1. The number of rotatable bonds is 5. The molecule has 0 amide bonds. The number of benzene rings is 1. The second-order valence-electron chi connectivity index (χ2n) is 6.43. The van der Waals surface area contributed by atoms with Crippen LogP contribution in [0.4, 0.5) is 0 Å². The highest BCUT2D eigenvalue weighted by Crippen LogP contribution is 2.33. The number of hydrogen-bond donors (Lipinski definition) is 2. The van der Waals surface area contributed by atoms with Crippen molar-refractivity contribution >= 4 is 39.7 Å². The van der Waals surface area contributed by atoms with Gasteiger partial charge in [-0.25, -0.2) is 9.78 Å². The van der Waals surface area contributed by atoms with Crippen molar-refractivity contribution in [2.24, 2.45) is 0 Å². The molecule has 0 aliphatic heterocycles. The molecule has 3 aromatic rings. The minimum Gasteiger partial charge on any atom is -0.482 e. The number of hydrogen-bond acceptors (Lipinski definition) is 5. The standard InChI is InChI=1S/C20H18N2O4S/c23-17(24)11-26-13-8-5-12(6-9-13)7-10-16-21-19(25)18-14-3-1-2-4-15(14)27-20(18)22-16/h5-10H,1-4,11H2,(H,23,24)(H,21,22,25). The largest absolute Gasteiger partial charge is 0.482 e. The number of carboxylic acids is 1. The van der Waals surface area contributed by atoms with Crippen molar-refractivity contribution in [3.8, 4) is 5.75 Å². The molecule has 6 nitrogen and oxygen atoms in total. The first kappa shape index (κ1) is 17.5. The Morgan fingerprint density at radius 3 is 2.78 bits per heavy atom. The summed E-state index contributed by atoms with van der Waals surface area (Å²) in [7, 11) is 0. The number of fused-ring (bicyclic) bond motifs is 3. The van der Waals surface area contributed by atoms with Crippen molar-refractivity contribution in [3.63, 3.8) is 0 Å². The number of ether oxygens (including phenoxy) is 1. The number of aromatic nitrogens is 2. The maximum atomic E-state index is 12.5. The average Bonchev–Trinajstić information content (AvgIpc) is 3.04. The Morgan fingerprint density at radius 2 is 2.00 bits per heavy atom. The van der Waals surface area contributed by atoms with Gasteiger partial charge in [0.2, 0.25) is 0 Å². The van der Waals surface area contributed by atoms with Gasteiger partial charge >= 0.3 is 5.97 Å². The molecule has 7 heteroatoms. The van der Waals surface area contributed by atoms with Gasteiger partial charge in [0.05, 0.1) is 5.39 Å². The van der Waals surface area contributed by atoms with Crippen LogP contribution in [0.2, 0.25) is 0 Å². The molecule has 0 atom stereocenters. The van der Waals surface area contributed by atoms with Crippen molar-refractivity contribution in [1.29, 1.82) is 0 Å². The molecule has 2 heterocycles. The lowest BCUT2D eigenvalue weighted by molar-refractivity contribution is -0.139. The Labute approximate surface area is 159 Å². The van der Waals surface area contributed by atoms with Gasteiger partial charge in [-0.15, -0.1) is 11.3 Å². The highest BCUT2D eigenvalue weighted by Gasteiger charge is 2.19. The van der Waals surface area contributed by atoms with Gasteiger partial charge < -0.3 is 14.8 Å². The number of aromatic amines is 1. The third-order valence-corrected chi connectivity index (χ3v) is 5.71. The van der Waals surface area contributed by atoms with Crippen LogP contribution in [0, 0.1) is 0 Å². The van der Waals surface area contributed by atoms with E-state index in [4.69, 9.17) is 9.84 Å². The number of aliphatic carboxylic acids is 1. The van der Waals surface area contributed by atoms with Crippen LogP contribution in [-0.2, 0) is 17.6 Å². The molecule has 2 N–H and O–H groups in total. The number of carbonyl (C=O) groups is 1. The van der Waals surface area contributed by atoms with Crippen molar-refractivity contribution in [2.75, 3.05) is 6.61 Å². The monoisotopic (exact) mass is 382 g/mol. The van der Waals surface area contributed by atoms with Gasteiger partial charge in [0.15, 0.2) is 6.61 Å². The summed E-state index contributed by atoms with van der Waals surface area (Å²) in [5, 5.41) is 9.38. The second kappa shape index (κ2) is 7.36. The third-order valence-electron chi connectivity index (χ3n) is 4.52. The molecule has 0 spiro atoms. The molecule has 2 aromatic heterocycles. The van der Waals surface area contributed by atoms with Gasteiger partial charge in [-0.05, 0) is 55.0 Å². The van der Waals surface area contributed by atoms with Crippen LogP contribution in [0.25, 0.3) is 22.4 Å². The van der Waals surface area contributed by atoms with Crippen LogP contribution >= 0.6 is 11.3 Å². The molecule has 1 aromatic carbocycles. The SMILES string of the molecule is O=C(O)COc1ccc(C=Cc2nc3sc4c(c3c(=O)[nH]2)CCCC4)cc1. The molecule has 0 radical (unpaired) electrons. The van der Waals surface area contributed by atoms with Crippen LogP contribution < -0.4 is 10.3 Å². The molecule has 0 fully saturated rings. The minimum absolute atomic E-state index is 0.0727.